The molecule has 20 heavy (non-hydrogen) atoms. The number of para-hydroxylation sites is 1. The number of hydrogen-bond acceptors (Lipinski definition) is 4. The Balaban J connectivity index is 2.54. The Kier molecular flexibility index (Phi) is 3.93. The fraction of sp³-hybridized carbons (Fsp3) is 0.286. The number of benzene rings is 1. The minimum Gasteiger partial charge on any atom is -0.496 e. The summed E-state index contributed by atoms with van der Waals surface area (Å²) in [6.45, 7) is 2.03. The molecule has 1 heterocycles. The predicted molar refractivity (Wildman–Crippen MR) is 72.8 cm³/mol. The van der Waals surface area contributed by atoms with Crippen LogP contribution >= 0.6 is 0 Å². The quantitative estimate of drug-likeness (QED) is 0.515. The molecule has 6 heteroatoms. The summed E-state index contributed by atoms with van der Waals surface area (Å²) >= 11 is 0. The van der Waals surface area contributed by atoms with Crippen LogP contribution in [0.15, 0.2) is 30.0 Å². The fourth-order valence-electron chi connectivity index (χ4n) is 2.08. The number of amides is 3. The van der Waals surface area contributed by atoms with Gasteiger partial charge in [0.05, 0.1) is 19.8 Å². The van der Waals surface area contributed by atoms with Gasteiger partial charge in [-0.3, -0.25) is 15.0 Å². The summed E-state index contributed by atoms with van der Waals surface area (Å²) < 4.78 is 10.6. The van der Waals surface area contributed by atoms with Crippen molar-refractivity contribution in [3.8, 4) is 5.75 Å². The van der Waals surface area contributed by atoms with E-state index in [2.05, 4.69) is 5.32 Å². The van der Waals surface area contributed by atoms with Gasteiger partial charge < -0.3 is 9.47 Å². The van der Waals surface area contributed by atoms with E-state index in [1.807, 2.05) is 6.07 Å². The first-order valence-electron chi connectivity index (χ1n) is 6.18. The molecule has 1 aromatic carbocycles. The largest absolute Gasteiger partial charge is 0.496 e. The lowest BCUT2D eigenvalue weighted by atomic mass is 10.1. The zero-order valence-electron chi connectivity index (χ0n) is 11.6. The molecule has 1 saturated heterocycles. The highest BCUT2D eigenvalue weighted by Crippen LogP contribution is 2.29. The van der Waals surface area contributed by atoms with Gasteiger partial charge in [-0.1, -0.05) is 12.1 Å². The molecule has 1 N–H and O–H groups in total. The molecule has 106 valence electrons. The van der Waals surface area contributed by atoms with E-state index >= 15 is 0 Å². The van der Waals surface area contributed by atoms with Crippen LogP contribution in [0, 0.1) is 0 Å². The molecule has 2 rings (SSSR count). The second kappa shape index (κ2) is 5.64. The third kappa shape index (κ3) is 2.20. The molecule has 0 atom stereocenters. The zero-order chi connectivity index (χ0) is 14.7. The number of likely N-dealkylation sites (N-methyl/N-ethyl adjacent to an activating group) is 1. The average molecular weight is 276 g/mol. The first-order chi connectivity index (χ1) is 9.63. The molecule has 1 aliphatic heterocycles. The van der Waals surface area contributed by atoms with Gasteiger partial charge in [-0.2, -0.15) is 0 Å². The molecule has 0 aliphatic carbocycles. The summed E-state index contributed by atoms with van der Waals surface area (Å²) in [5, 5.41) is 2.54. The van der Waals surface area contributed by atoms with Gasteiger partial charge in [-0.15, -0.1) is 0 Å². The maximum atomic E-state index is 12.2. The normalized spacial score (nSPS) is 17.1. The van der Waals surface area contributed by atoms with Gasteiger partial charge in [0.1, 0.15) is 5.75 Å². The lowest BCUT2D eigenvalue weighted by Gasteiger charge is -2.12. The summed E-state index contributed by atoms with van der Waals surface area (Å²) in [7, 11) is 2.98. The Labute approximate surface area is 117 Å². The molecule has 1 aromatic rings. The van der Waals surface area contributed by atoms with Crippen LogP contribution in [0.5, 0.6) is 5.75 Å². The van der Waals surface area contributed by atoms with Crippen LogP contribution < -0.4 is 10.1 Å². The van der Waals surface area contributed by atoms with Crippen LogP contribution in [0.1, 0.15) is 12.5 Å². The van der Waals surface area contributed by atoms with E-state index in [0.717, 1.165) is 4.90 Å². The number of nitrogens with zero attached hydrogens (tertiary/aromatic N) is 1. The molecule has 1 fully saturated rings. The van der Waals surface area contributed by atoms with Gasteiger partial charge in [0, 0.05) is 6.54 Å². The molecule has 6 nitrogen and oxygen atoms in total. The maximum absolute atomic E-state index is 12.2. The van der Waals surface area contributed by atoms with Crippen molar-refractivity contribution in [3.05, 3.63) is 35.5 Å². The van der Waals surface area contributed by atoms with Crippen LogP contribution in [-0.2, 0) is 9.53 Å². The number of imide groups is 1. The van der Waals surface area contributed by atoms with E-state index in [1.54, 1.807) is 25.1 Å². The second-order valence-electron chi connectivity index (χ2n) is 4.09. The van der Waals surface area contributed by atoms with E-state index < -0.39 is 11.9 Å². The van der Waals surface area contributed by atoms with Gasteiger partial charge in [-0.05, 0) is 19.1 Å². The summed E-state index contributed by atoms with van der Waals surface area (Å²) in [6.07, 6.45) is 0. The highest BCUT2D eigenvalue weighted by molar-refractivity contribution is 6.15. The lowest BCUT2D eigenvalue weighted by Crippen LogP contribution is -2.30. The first kappa shape index (κ1) is 13.9. The van der Waals surface area contributed by atoms with Gasteiger partial charge in [-0.25, -0.2) is 4.79 Å². The first-order valence-corrected chi connectivity index (χ1v) is 6.18. The molecular weight excluding hydrogens is 260 g/mol. The number of methoxy groups -OCH3 is 2. The van der Waals surface area contributed by atoms with Crippen LogP contribution in [-0.4, -0.2) is 37.6 Å². The molecule has 0 aromatic heterocycles. The van der Waals surface area contributed by atoms with Gasteiger partial charge in [0.15, 0.2) is 11.5 Å². The van der Waals surface area contributed by atoms with Gasteiger partial charge in [0.2, 0.25) is 0 Å². The fourth-order valence-corrected chi connectivity index (χ4v) is 2.08. The number of ether oxygens (including phenoxy) is 2. The molecular formula is C14H16N2O4. The van der Waals surface area contributed by atoms with E-state index in [1.165, 1.54) is 14.2 Å². The number of hydrogen-bond donors (Lipinski definition) is 1. The summed E-state index contributed by atoms with van der Waals surface area (Å²) in [4.78, 5) is 25.0. The van der Waals surface area contributed by atoms with Crippen molar-refractivity contribution >= 4 is 17.7 Å². The zero-order valence-corrected chi connectivity index (χ0v) is 11.6. The minimum atomic E-state index is -0.447. The van der Waals surface area contributed by atoms with Gasteiger partial charge in [0.25, 0.3) is 5.91 Å². The minimum absolute atomic E-state index is 0.129. The molecule has 0 spiro atoms. The summed E-state index contributed by atoms with van der Waals surface area (Å²) in [5.41, 5.74) is 0.739. The van der Waals surface area contributed by atoms with Crippen molar-refractivity contribution in [2.45, 2.75) is 6.92 Å². The highest BCUT2D eigenvalue weighted by atomic mass is 16.5. The third-order valence-corrected chi connectivity index (χ3v) is 3.04. The second-order valence-corrected chi connectivity index (χ2v) is 4.09. The predicted octanol–water partition coefficient (Wildman–Crippen LogP) is 1.58. The third-order valence-electron chi connectivity index (χ3n) is 3.04. The van der Waals surface area contributed by atoms with Crippen LogP contribution in [0.3, 0.4) is 0 Å². The molecule has 0 saturated carbocycles. The maximum Gasteiger partial charge on any atom is 0.329 e. The summed E-state index contributed by atoms with van der Waals surface area (Å²) in [5.74, 6) is 0.450. The molecule has 0 radical (unpaired) electrons. The van der Waals surface area contributed by atoms with Gasteiger partial charge >= 0.3 is 6.03 Å². The highest BCUT2D eigenvalue weighted by Gasteiger charge is 2.36. The topological polar surface area (TPSA) is 67.9 Å². The van der Waals surface area contributed by atoms with Crippen molar-refractivity contribution in [3.63, 3.8) is 0 Å². The van der Waals surface area contributed by atoms with Crippen molar-refractivity contribution in [2.75, 3.05) is 20.8 Å². The average Bonchev–Trinajstić information content (AvgIpc) is 2.75. The summed E-state index contributed by atoms with van der Waals surface area (Å²) in [6, 6.07) is 6.69. The number of urea groups is 1. The Bertz CT molecular complexity index is 580. The number of nitrogens with one attached hydrogen (secondary N) is 1. The number of carbonyl (C=O) groups excluding carboxylic acids is 2. The Morgan fingerprint density at radius 1 is 1.25 bits per heavy atom. The number of rotatable bonds is 4. The van der Waals surface area contributed by atoms with Crippen LogP contribution in [0.4, 0.5) is 4.79 Å². The Hall–Kier alpha value is -2.50. The monoisotopic (exact) mass is 276 g/mol. The smallest absolute Gasteiger partial charge is 0.329 e. The molecule has 0 bridgehead atoms. The molecule has 3 amide bonds. The standard InChI is InChI=1S/C14H16N2O4/c1-4-16-13(17)11(15-14(16)18)12(20-3)9-7-5-6-8-10(9)19-2/h5-8H,4H2,1-3H3,(H,15,18). The van der Waals surface area contributed by atoms with Crippen LogP contribution in [0.2, 0.25) is 0 Å². The van der Waals surface area contributed by atoms with Crippen molar-refractivity contribution < 1.29 is 19.1 Å². The van der Waals surface area contributed by atoms with E-state index in [-0.39, 0.29) is 11.5 Å². The van der Waals surface area contributed by atoms with E-state index in [9.17, 15) is 9.59 Å². The molecule has 0 unspecified atom stereocenters. The van der Waals surface area contributed by atoms with Crippen LogP contribution in [0.25, 0.3) is 5.76 Å². The Morgan fingerprint density at radius 2 is 1.95 bits per heavy atom. The van der Waals surface area contributed by atoms with E-state index in [4.69, 9.17) is 9.47 Å². The van der Waals surface area contributed by atoms with Crippen molar-refractivity contribution in [2.24, 2.45) is 0 Å². The van der Waals surface area contributed by atoms with Crippen molar-refractivity contribution in [1.82, 2.24) is 10.2 Å². The van der Waals surface area contributed by atoms with E-state index in [0.29, 0.717) is 17.9 Å². The Morgan fingerprint density at radius 3 is 2.50 bits per heavy atom. The molecule has 1 aliphatic rings. The van der Waals surface area contributed by atoms with Crippen molar-refractivity contribution in [1.29, 1.82) is 0 Å². The lowest BCUT2D eigenvalue weighted by molar-refractivity contribution is -0.122. The SMILES string of the molecule is CCN1C(=O)NC(=C(OC)c2ccccc2OC)C1=O. The number of carbonyl (C=O) groups is 2.